The largest absolute Gasteiger partial charge is 0.416 e. The fourth-order valence-corrected chi connectivity index (χ4v) is 1.92. The third-order valence-electron chi connectivity index (χ3n) is 3.50. The first-order valence-corrected chi connectivity index (χ1v) is 8.61. The van der Waals surface area contributed by atoms with Crippen molar-refractivity contribution in [2.75, 3.05) is 0 Å². The van der Waals surface area contributed by atoms with Gasteiger partial charge in [0.15, 0.2) is 5.82 Å². The molecule has 148 valence electrons. The molecule has 0 fully saturated rings. The molecule has 0 bridgehead atoms. The molecule has 0 atom stereocenters. The highest BCUT2D eigenvalue weighted by Crippen LogP contribution is 2.29. The lowest BCUT2D eigenvalue weighted by molar-refractivity contribution is -0.137. The second-order valence-corrected chi connectivity index (χ2v) is 5.66. The number of ketones is 1. The molecule has 0 amide bonds. The van der Waals surface area contributed by atoms with Crippen molar-refractivity contribution in [3.05, 3.63) is 96.6 Å². The summed E-state index contributed by atoms with van der Waals surface area (Å²) in [6.07, 6.45) is 7.21. The Morgan fingerprint density at radius 1 is 1.21 bits per heavy atom. The van der Waals surface area contributed by atoms with Gasteiger partial charge in [-0.3, -0.25) is 4.79 Å². The minimum absolute atomic E-state index is 0.0466. The molecule has 0 spiro atoms. The van der Waals surface area contributed by atoms with Crippen LogP contribution in [0, 0.1) is 0 Å². The molecule has 3 nitrogen and oxygen atoms in total. The predicted octanol–water partition coefficient (Wildman–Crippen LogP) is 6.39. The number of benzene rings is 1. The number of nitrogens with zero attached hydrogens (tertiary/aromatic N) is 1. The van der Waals surface area contributed by atoms with Gasteiger partial charge < -0.3 is 4.98 Å². The van der Waals surface area contributed by atoms with Crippen LogP contribution in [0.2, 0.25) is 0 Å². The van der Waals surface area contributed by atoms with Gasteiger partial charge in [-0.15, -0.1) is 6.58 Å². The van der Waals surface area contributed by atoms with Gasteiger partial charge in [-0.25, -0.2) is 4.98 Å². The Kier molecular flexibility index (Phi) is 8.88. The Morgan fingerprint density at radius 2 is 1.82 bits per heavy atom. The standard InChI is InChI=1S/C18H15F3N2O.C4H8/c1-3-4-5-6-12(2)15-11-22-17(23-15)16(24)13-7-9-14(10-8-13)18(19,20)21;1-3-4-2/h3-11H,2H2,1H3,(H,22,23);3H,1,4H2,2H3/b4-3-,6-5-;. The van der Waals surface area contributed by atoms with E-state index >= 15 is 0 Å². The quantitative estimate of drug-likeness (QED) is 0.354. The van der Waals surface area contributed by atoms with E-state index in [0.29, 0.717) is 11.3 Å². The van der Waals surface area contributed by atoms with Gasteiger partial charge in [-0.05, 0) is 31.1 Å². The minimum atomic E-state index is -4.43. The summed E-state index contributed by atoms with van der Waals surface area (Å²) in [5, 5.41) is 0. The summed E-state index contributed by atoms with van der Waals surface area (Å²) in [4.78, 5) is 19.1. The molecule has 1 heterocycles. The van der Waals surface area contributed by atoms with E-state index in [0.717, 1.165) is 30.7 Å². The molecule has 0 aliphatic carbocycles. The van der Waals surface area contributed by atoms with Crippen LogP contribution in [0.1, 0.15) is 47.7 Å². The van der Waals surface area contributed by atoms with Crippen molar-refractivity contribution in [2.45, 2.75) is 26.4 Å². The highest BCUT2D eigenvalue weighted by atomic mass is 19.4. The predicted molar refractivity (Wildman–Crippen MR) is 107 cm³/mol. The minimum Gasteiger partial charge on any atom is -0.335 e. The number of carbonyl (C=O) groups is 1. The van der Waals surface area contributed by atoms with E-state index in [1.54, 1.807) is 12.2 Å². The summed E-state index contributed by atoms with van der Waals surface area (Å²) in [5.41, 5.74) is 0.513. The van der Waals surface area contributed by atoms with E-state index in [1.807, 2.05) is 25.2 Å². The van der Waals surface area contributed by atoms with Crippen molar-refractivity contribution in [3.63, 3.8) is 0 Å². The maximum Gasteiger partial charge on any atom is 0.416 e. The summed E-state index contributed by atoms with van der Waals surface area (Å²) >= 11 is 0. The topological polar surface area (TPSA) is 45.8 Å². The smallest absolute Gasteiger partial charge is 0.335 e. The van der Waals surface area contributed by atoms with Gasteiger partial charge in [0.1, 0.15) is 0 Å². The Labute approximate surface area is 163 Å². The second kappa shape index (κ2) is 10.9. The molecule has 0 aliphatic rings. The number of H-pyrrole nitrogens is 1. The fourth-order valence-electron chi connectivity index (χ4n) is 1.92. The lowest BCUT2D eigenvalue weighted by Gasteiger charge is -2.06. The first-order chi connectivity index (χ1) is 13.2. The number of carbonyl (C=O) groups excluding carboxylic acids is 1. The number of nitrogens with one attached hydrogen (secondary N) is 1. The average molecular weight is 388 g/mol. The van der Waals surface area contributed by atoms with Crippen LogP contribution in [0.25, 0.3) is 5.57 Å². The van der Waals surface area contributed by atoms with Crippen LogP contribution >= 0.6 is 0 Å². The van der Waals surface area contributed by atoms with E-state index in [9.17, 15) is 18.0 Å². The van der Waals surface area contributed by atoms with E-state index < -0.39 is 17.5 Å². The van der Waals surface area contributed by atoms with Crippen LogP contribution in [0.5, 0.6) is 0 Å². The molecule has 1 aromatic carbocycles. The Balaban J connectivity index is 0.000000892. The molecule has 0 unspecified atom stereocenters. The van der Waals surface area contributed by atoms with Gasteiger partial charge in [0.25, 0.3) is 0 Å². The Morgan fingerprint density at radius 3 is 2.32 bits per heavy atom. The monoisotopic (exact) mass is 388 g/mol. The van der Waals surface area contributed by atoms with Gasteiger partial charge in [0, 0.05) is 5.56 Å². The van der Waals surface area contributed by atoms with Crippen LogP contribution in [-0.4, -0.2) is 15.8 Å². The number of aromatic amines is 1. The number of allylic oxidation sites excluding steroid dienone is 6. The third-order valence-corrected chi connectivity index (χ3v) is 3.50. The normalized spacial score (nSPS) is 11.3. The number of imidazole rings is 1. The molecule has 2 rings (SSSR count). The number of alkyl halides is 3. The van der Waals surface area contributed by atoms with E-state index in [1.165, 1.54) is 6.20 Å². The molecule has 28 heavy (non-hydrogen) atoms. The number of aromatic nitrogens is 2. The average Bonchev–Trinajstić information content (AvgIpc) is 3.17. The lowest BCUT2D eigenvalue weighted by Crippen LogP contribution is -2.07. The van der Waals surface area contributed by atoms with E-state index in [2.05, 4.69) is 30.0 Å². The molecule has 6 heteroatoms. The van der Waals surface area contributed by atoms with Gasteiger partial charge in [0.05, 0.1) is 17.5 Å². The van der Waals surface area contributed by atoms with Crippen molar-refractivity contribution in [3.8, 4) is 0 Å². The van der Waals surface area contributed by atoms with E-state index in [-0.39, 0.29) is 11.4 Å². The van der Waals surface area contributed by atoms with Gasteiger partial charge in [0.2, 0.25) is 5.78 Å². The highest BCUT2D eigenvalue weighted by molar-refractivity contribution is 6.06. The number of halogens is 3. The third kappa shape index (κ3) is 6.87. The van der Waals surface area contributed by atoms with Gasteiger partial charge in [-0.1, -0.05) is 56.0 Å². The SMILES string of the molecule is C=C(/C=C\C=C/C)c1cnc(C(=O)c2ccc(C(F)(F)F)cc2)[nH]1.C=CCC. The van der Waals surface area contributed by atoms with Crippen molar-refractivity contribution in [1.82, 2.24) is 9.97 Å². The van der Waals surface area contributed by atoms with E-state index in [4.69, 9.17) is 0 Å². The van der Waals surface area contributed by atoms with Gasteiger partial charge >= 0.3 is 6.18 Å². The summed E-state index contributed by atoms with van der Waals surface area (Å²) in [6, 6.07) is 4.01. The molecule has 0 radical (unpaired) electrons. The summed E-state index contributed by atoms with van der Waals surface area (Å²) < 4.78 is 37.6. The molecule has 1 N–H and O–H groups in total. The molecule has 0 aliphatic heterocycles. The summed E-state index contributed by atoms with van der Waals surface area (Å²) in [5.74, 6) is -0.439. The maximum absolute atomic E-state index is 12.5. The number of hydrogen-bond acceptors (Lipinski definition) is 2. The Hall–Kier alpha value is -3.15. The fraction of sp³-hybridized carbons (Fsp3) is 0.182. The molecule has 0 saturated carbocycles. The second-order valence-electron chi connectivity index (χ2n) is 5.66. The number of hydrogen-bond donors (Lipinski definition) is 1. The van der Waals surface area contributed by atoms with Crippen molar-refractivity contribution in [1.29, 1.82) is 0 Å². The molecular formula is C22H23F3N2O. The zero-order valence-electron chi connectivity index (χ0n) is 15.9. The summed E-state index contributed by atoms with van der Waals surface area (Å²) in [7, 11) is 0. The molecule has 1 aromatic heterocycles. The van der Waals surface area contributed by atoms with Crippen LogP contribution < -0.4 is 0 Å². The van der Waals surface area contributed by atoms with Crippen LogP contribution in [0.15, 0.2) is 74.0 Å². The van der Waals surface area contributed by atoms with Crippen LogP contribution in [0.4, 0.5) is 13.2 Å². The number of rotatable bonds is 6. The zero-order chi connectivity index (χ0) is 21.2. The highest BCUT2D eigenvalue weighted by Gasteiger charge is 2.30. The summed E-state index contributed by atoms with van der Waals surface area (Å²) in [6.45, 7) is 11.3. The van der Waals surface area contributed by atoms with Crippen molar-refractivity contribution >= 4 is 11.4 Å². The van der Waals surface area contributed by atoms with Crippen molar-refractivity contribution in [2.24, 2.45) is 0 Å². The van der Waals surface area contributed by atoms with Crippen molar-refractivity contribution < 1.29 is 18.0 Å². The molecule has 0 saturated heterocycles. The Bertz CT molecular complexity index is 857. The zero-order valence-corrected chi connectivity index (χ0v) is 15.9. The van der Waals surface area contributed by atoms with Crippen LogP contribution in [-0.2, 0) is 6.18 Å². The molecular weight excluding hydrogens is 365 g/mol. The lowest BCUT2D eigenvalue weighted by atomic mass is 10.1. The van der Waals surface area contributed by atoms with Crippen LogP contribution in [0.3, 0.4) is 0 Å². The first kappa shape index (κ1) is 22.9. The maximum atomic E-state index is 12.5. The first-order valence-electron chi connectivity index (χ1n) is 8.61. The van der Waals surface area contributed by atoms with Gasteiger partial charge in [-0.2, -0.15) is 13.2 Å². The molecule has 2 aromatic rings.